The van der Waals surface area contributed by atoms with E-state index in [-0.39, 0.29) is 0 Å². The SMILES string of the molecule is COc1ccc(C(c2ccccc2)(c2ccccc2)P(=O)(OC)OC)cc1. The zero-order chi connectivity index (χ0) is 19.3. The van der Waals surface area contributed by atoms with Gasteiger partial charge in [-0.2, -0.15) is 0 Å². The van der Waals surface area contributed by atoms with Crippen molar-refractivity contribution in [2.75, 3.05) is 21.3 Å². The molecule has 3 aromatic carbocycles. The molecule has 0 aromatic heterocycles. The van der Waals surface area contributed by atoms with Gasteiger partial charge in [0.1, 0.15) is 10.9 Å². The highest BCUT2D eigenvalue weighted by Crippen LogP contribution is 2.69. The van der Waals surface area contributed by atoms with E-state index in [1.807, 2.05) is 84.9 Å². The Balaban J connectivity index is 2.43. The fourth-order valence-corrected chi connectivity index (χ4v) is 5.61. The van der Waals surface area contributed by atoms with Crippen molar-refractivity contribution in [2.24, 2.45) is 0 Å². The summed E-state index contributed by atoms with van der Waals surface area (Å²) in [7, 11) is 0.815. The van der Waals surface area contributed by atoms with E-state index >= 15 is 0 Å². The minimum absolute atomic E-state index is 0.721. The molecule has 27 heavy (non-hydrogen) atoms. The lowest BCUT2D eigenvalue weighted by Gasteiger charge is -2.39. The van der Waals surface area contributed by atoms with Gasteiger partial charge < -0.3 is 13.8 Å². The zero-order valence-corrected chi connectivity index (χ0v) is 16.6. The summed E-state index contributed by atoms with van der Waals surface area (Å²) < 4.78 is 30.5. The van der Waals surface area contributed by atoms with E-state index in [4.69, 9.17) is 13.8 Å². The Morgan fingerprint density at radius 1 is 0.630 bits per heavy atom. The summed E-state index contributed by atoms with van der Waals surface area (Å²) in [6.45, 7) is 0. The predicted molar refractivity (Wildman–Crippen MR) is 107 cm³/mol. The fourth-order valence-electron chi connectivity index (χ4n) is 3.51. The molecule has 0 aliphatic carbocycles. The second kappa shape index (κ2) is 8.10. The number of ether oxygens (including phenoxy) is 1. The van der Waals surface area contributed by atoms with Gasteiger partial charge in [0.25, 0.3) is 0 Å². The first-order valence-corrected chi connectivity index (χ1v) is 10.1. The van der Waals surface area contributed by atoms with E-state index in [1.54, 1.807) is 7.11 Å². The van der Waals surface area contributed by atoms with Crippen molar-refractivity contribution in [2.45, 2.75) is 5.16 Å². The van der Waals surface area contributed by atoms with E-state index in [0.717, 1.165) is 22.4 Å². The van der Waals surface area contributed by atoms with Crippen LogP contribution in [0.5, 0.6) is 5.75 Å². The third kappa shape index (κ3) is 3.21. The Bertz CT molecular complexity index is 861. The highest BCUT2D eigenvalue weighted by Gasteiger charge is 2.54. The summed E-state index contributed by atoms with van der Waals surface area (Å²) >= 11 is 0. The van der Waals surface area contributed by atoms with Crippen LogP contribution in [-0.4, -0.2) is 21.3 Å². The van der Waals surface area contributed by atoms with Gasteiger partial charge in [0.2, 0.25) is 0 Å². The average Bonchev–Trinajstić information content (AvgIpc) is 2.76. The maximum atomic E-state index is 14.1. The summed E-state index contributed by atoms with van der Waals surface area (Å²) in [5.41, 5.74) is 2.45. The molecule has 0 saturated heterocycles. The minimum Gasteiger partial charge on any atom is -0.497 e. The molecule has 0 N–H and O–H groups in total. The molecule has 0 aliphatic rings. The Labute approximate surface area is 160 Å². The molecule has 0 unspecified atom stereocenters. The van der Waals surface area contributed by atoms with Crippen molar-refractivity contribution in [3.05, 3.63) is 102 Å². The summed E-state index contributed by atoms with van der Waals surface area (Å²) in [6.07, 6.45) is 0. The van der Waals surface area contributed by atoms with E-state index in [1.165, 1.54) is 14.2 Å². The van der Waals surface area contributed by atoms with Gasteiger partial charge in [-0.1, -0.05) is 72.8 Å². The molecule has 0 atom stereocenters. The van der Waals surface area contributed by atoms with Crippen molar-refractivity contribution >= 4 is 7.60 Å². The quantitative estimate of drug-likeness (QED) is 0.401. The lowest BCUT2D eigenvalue weighted by Crippen LogP contribution is -2.31. The van der Waals surface area contributed by atoms with Crippen LogP contribution in [0.3, 0.4) is 0 Å². The maximum absolute atomic E-state index is 14.1. The molecule has 0 fully saturated rings. The molecule has 0 radical (unpaired) electrons. The van der Waals surface area contributed by atoms with Crippen molar-refractivity contribution in [1.82, 2.24) is 0 Å². The van der Waals surface area contributed by atoms with Crippen LogP contribution < -0.4 is 4.74 Å². The summed E-state index contributed by atoms with van der Waals surface area (Å²) in [5.74, 6) is 0.721. The minimum atomic E-state index is -3.65. The van der Waals surface area contributed by atoms with Gasteiger partial charge in [0, 0.05) is 14.2 Å². The van der Waals surface area contributed by atoms with Crippen LogP contribution in [0.25, 0.3) is 0 Å². The van der Waals surface area contributed by atoms with Crippen LogP contribution >= 0.6 is 7.60 Å². The van der Waals surface area contributed by atoms with Crippen molar-refractivity contribution in [3.8, 4) is 5.75 Å². The maximum Gasteiger partial charge on any atom is 0.349 e. The molecular formula is C22H23O4P. The highest BCUT2D eigenvalue weighted by molar-refractivity contribution is 7.55. The van der Waals surface area contributed by atoms with Crippen LogP contribution in [0.1, 0.15) is 16.7 Å². The lowest BCUT2D eigenvalue weighted by atomic mass is 9.84. The zero-order valence-electron chi connectivity index (χ0n) is 15.7. The molecule has 5 heteroatoms. The third-order valence-electron chi connectivity index (χ3n) is 4.78. The van der Waals surface area contributed by atoms with Gasteiger partial charge in [0.15, 0.2) is 0 Å². The van der Waals surface area contributed by atoms with Gasteiger partial charge in [-0.25, -0.2) is 0 Å². The standard InChI is InChI=1S/C22H23O4P/c1-24-21-16-14-20(15-17-21)22(27(23,25-2)26-3,18-10-6-4-7-11-18)19-12-8-5-9-13-19/h4-17H,1-3H3. The molecule has 4 nitrogen and oxygen atoms in total. The molecule has 0 saturated carbocycles. The van der Waals surface area contributed by atoms with E-state index in [0.29, 0.717) is 0 Å². The predicted octanol–water partition coefficient (Wildman–Crippen LogP) is 5.47. The van der Waals surface area contributed by atoms with Gasteiger partial charge in [0.05, 0.1) is 7.11 Å². The second-order valence-electron chi connectivity index (χ2n) is 6.03. The van der Waals surface area contributed by atoms with Crippen molar-refractivity contribution in [1.29, 1.82) is 0 Å². The van der Waals surface area contributed by atoms with Crippen LogP contribution in [0.4, 0.5) is 0 Å². The summed E-state index contributed by atoms with van der Waals surface area (Å²) in [6, 6.07) is 26.9. The molecule has 3 rings (SSSR count). The number of hydrogen-bond donors (Lipinski definition) is 0. The van der Waals surface area contributed by atoms with Crippen LogP contribution in [0.15, 0.2) is 84.9 Å². The van der Waals surface area contributed by atoms with Gasteiger partial charge in [-0.15, -0.1) is 0 Å². The van der Waals surface area contributed by atoms with Gasteiger partial charge in [-0.05, 0) is 28.8 Å². The Kier molecular flexibility index (Phi) is 5.81. The Hall–Kier alpha value is -2.39. The van der Waals surface area contributed by atoms with Crippen LogP contribution in [0, 0.1) is 0 Å². The Morgan fingerprint density at radius 2 is 1.04 bits per heavy atom. The largest absolute Gasteiger partial charge is 0.497 e. The number of methoxy groups -OCH3 is 1. The van der Waals surface area contributed by atoms with E-state index in [2.05, 4.69) is 0 Å². The first-order valence-electron chi connectivity index (χ1n) is 8.59. The third-order valence-corrected chi connectivity index (χ3v) is 7.34. The summed E-state index contributed by atoms with van der Waals surface area (Å²) in [4.78, 5) is 0. The topological polar surface area (TPSA) is 44.8 Å². The second-order valence-corrected chi connectivity index (χ2v) is 8.43. The smallest absolute Gasteiger partial charge is 0.349 e. The average molecular weight is 382 g/mol. The lowest BCUT2D eigenvalue weighted by molar-refractivity contribution is 0.259. The first-order chi connectivity index (χ1) is 13.1. The van der Waals surface area contributed by atoms with Gasteiger partial charge >= 0.3 is 7.60 Å². The number of benzene rings is 3. The number of rotatable bonds is 7. The highest BCUT2D eigenvalue weighted by atomic mass is 31.2. The molecule has 140 valence electrons. The van der Waals surface area contributed by atoms with Gasteiger partial charge in [-0.3, -0.25) is 4.57 Å². The van der Waals surface area contributed by atoms with Crippen LogP contribution in [0.2, 0.25) is 0 Å². The van der Waals surface area contributed by atoms with E-state index < -0.39 is 12.8 Å². The molecule has 0 bridgehead atoms. The first kappa shape index (κ1) is 19.4. The fraction of sp³-hybridized carbons (Fsp3) is 0.182. The monoisotopic (exact) mass is 382 g/mol. The summed E-state index contributed by atoms with van der Waals surface area (Å²) in [5, 5.41) is -1.12. The van der Waals surface area contributed by atoms with Crippen molar-refractivity contribution < 1.29 is 18.3 Å². The van der Waals surface area contributed by atoms with Crippen molar-refractivity contribution in [3.63, 3.8) is 0 Å². The molecule has 0 aliphatic heterocycles. The molecule has 0 spiro atoms. The number of hydrogen-bond acceptors (Lipinski definition) is 4. The molecule has 0 amide bonds. The Morgan fingerprint density at radius 3 is 1.41 bits per heavy atom. The van der Waals surface area contributed by atoms with Crippen LogP contribution in [-0.2, 0) is 18.8 Å². The van der Waals surface area contributed by atoms with E-state index in [9.17, 15) is 4.57 Å². The normalized spacial score (nSPS) is 12.0. The molecular weight excluding hydrogens is 359 g/mol. The molecule has 3 aromatic rings. The molecule has 0 heterocycles.